The van der Waals surface area contributed by atoms with Crippen LogP contribution in [0, 0.1) is 6.92 Å². The zero-order valence-electron chi connectivity index (χ0n) is 24.9. The van der Waals surface area contributed by atoms with Gasteiger partial charge in [-0.05, 0) is 73.2 Å². The quantitative estimate of drug-likeness (QED) is 0.214. The molecule has 45 heavy (non-hydrogen) atoms. The largest absolute Gasteiger partial charge is 0.573 e. The maximum Gasteiger partial charge on any atom is 0.573 e. The van der Waals surface area contributed by atoms with E-state index in [1.54, 1.807) is 11.8 Å². The van der Waals surface area contributed by atoms with Gasteiger partial charge in [-0.1, -0.05) is 61.5 Å². The van der Waals surface area contributed by atoms with Crippen LogP contribution in [0.25, 0.3) is 17.1 Å². The highest BCUT2D eigenvalue weighted by molar-refractivity contribution is 8.14. The summed E-state index contributed by atoms with van der Waals surface area (Å²) in [5, 5.41) is 8.31. The fourth-order valence-electron chi connectivity index (χ4n) is 5.48. The van der Waals surface area contributed by atoms with Gasteiger partial charge in [-0.25, -0.2) is 14.5 Å². The van der Waals surface area contributed by atoms with E-state index in [9.17, 15) is 18.0 Å². The summed E-state index contributed by atoms with van der Waals surface area (Å²) in [6.45, 7) is 5.10. The molecule has 2 amide bonds. The molecule has 4 aromatic rings. The van der Waals surface area contributed by atoms with Crippen molar-refractivity contribution in [3.63, 3.8) is 0 Å². The number of aromatic nitrogens is 3. The summed E-state index contributed by atoms with van der Waals surface area (Å²) in [4.78, 5) is 24.1. The summed E-state index contributed by atoms with van der Waals surface area (Å²) < 4.78 is 42.7. The van der Waals surface area contributed by atoms with E-state index >= 15 is 0 Å². The highest BCUT2D eigenvalue weighted by Gasteiger charge is 2.39. The third-order valence-corrected chi connectivity index (χ3v) is 8.82. The van der Waals surface area contributed by atoms with Crippen LogP contribution in [-0.2, 0) is 6.42 Å². The van der Waals surface area contributed by atoms with Gasteiger partial charge in [0.15, 0.2) is 11.0 Å². The molecule has 3 aromatic carbocycles. The molecule has 1 aromatic heterocycles. The van der Waals surface area contributed by atoms with E-state index in [0.717, 1.165) is 60.0 Å². The first-order valence-corrected chi connectivity index (χ1v) is 15.9. The second-order valence-corrected chi connectivity index (χ2v) is 12.3. The minimum Gasteiger partial charge on any atom is -0.406 e. The van der Waals surface area contributed by atoms with Crippen LogP contribution in [0.4, 0.5) is 23.7 Å². The summed E-state index contributed by atoms with van der Waals surface area (Å²) in [6, 6.07) is 19.5. The van der Waals surface area contributed by atoms with E-state index in [2.05, 4.69) is 62.1 Å². The third-order valence-electron chi connectivity index (χ3n) is 7.76. The van der Waals surface area contributed by atoms with Gasteiger partial charge >= 0.3 is 12.4 Å². The summed E-state index contributed by atoms with van der Waals surface area (Å²) >= 11 is 1.63. The Kier molecular flexibility index (Phi) is 8.84. The Bertz CT molecular complexity index is 1690. The number of carbonyl (C=O) groups is 1. The lowest BCUT2D eigenvalue weighted by Gasteiger charge is -2.31. The van der Waals surface area contributed by atoms with Crippen molar-refractivity contribution in [3.8, 4) is 22.8 Å². The number of aryl methyl sites for hydroxylation is 2. The number of amides is 2. The van der Waals surface area contributed by atoms with Crippen molar-refractivity contribution >= 4 is 28.6 Å². The molecule has 2 aliphatic rings. The van der Waals surface area contributed by atoms with Crippen molar-refractivity contribution in [2.75, 3.05) is 17.2 Å². The molecule has 2 atom stereocenters. The normalized spacial score (nSPS) is 19.0. The number of halogens is 3. The van der Waals surface area contributed by atoms with Crippen molar-refractivity contribution in [3.05, 3.63) is 89.7 Å². The van der Waals surface area contributed by atoms with Crippen molar-refractivity contribution in [1.82, 2.24) is 20.1 Å². The van der Waals surface area contributed by atoms with Gasteiger partial charge in [-0.3, -0.25) is 0 Å². The van der Waals surface area contributed by atoms with Crippen molar-refractivity contribution in [1.29, 1.82) is 0 Å². The fourth-order valence-corrected chi connectivity index (χ4v) is 6.43. The van der Waals surface area contributed by atoms with Crippen LogP contribution < -0.4 is 15.0 Å². The first-order chi connectivity index (χ1) is 21.7. The van der Waals surface area contributed by atoms with Crippen LogP contribution in [0.15, 0.2) is 78.0 Å². The minimum atomic E-state index is -4.74. The number of rotatable bonds is 8. The van der Waals surface area contributed by atoms with E-state index in [1.165, 1.54) is 46.4 Å². The predicted octanol–water partition coefficient (Wildman–Crippen LogP) is 7.66. The molecule has 0 bridgehead atoms. The van der Waals surface area contributed by atoms with Crippen LogP contribution in [0.3, 0.4) is 0 Å². The molecule has 2 heterocycles. The van der Waals surface area contributed by atoms with Crippen LogP contribution in [0.2, 0.25) is 0 Å². The van der Waals surface area contributed by atoms with E-state index < -0.39 is 6.36 Å². The van der Waals surface area contributed by atoms with Gasteiger partial charge in [0.25, 0.3) is 0 Å². The van der Waals surface area contributed by atoms with E-state index in [1.807, 2.05) is 24.3 Å². The number of amidine groups is 1. The molecule has 2 fully saturated rings. The molecule has 234 valence electrons. The number of nitrogens with one attached hydrogen (secondary N) is 1. The Hall–Kier alpha value is -4.32. The lowest BCUT2D eigenvalue weighted by atomic mass is 10.0. The number of hydrogen-bond donors (Lipinski definition) is 1. The molecular weight excluding hydrogens is 601 g/mol. The van der Waals surface area contributed by atoms with Crippen LogP contribution in [-0.4, -0.2) is 50.7 Å². The summed E-state index contributed by atoms with van der Waals surface area (Å²) in [7, 11) is 0. The standard InChI is InChI=1S/C33H33F3N6O2S/c1-3-5-23-7-6-21(2)18-29(23)41-16-4-17-45-32(41)39-31(43)38-28-19-27(28)22-8-10-24(11-9-22)30-37-20-42(40-30)25-12-14-26(15-13-25)44-33(34,35)36/h6-15,18,20,27-28H,3-5,16-17,19H2,1-2H3,(H,38,43). The molecule has 8 nitrogen and oxygen atoms in total. The van der Waals surface area contributed by atoms with Crippen molar-refractivity contribution < 1.29 is 22.7 Å². The van der Waals surface area contributed by atoms with Gasteiger partial charge in [-0.2, -0.15) is 4.99 Å². The number of alkyl halides is 3. The smallest absolute Gasteiger partial charge is 0.406 e. The molecule has 2 unspecified atom stereocenters. The van der Waals surface area contributed by atoms with Crippen LogP contribution >= 0.6 is 11.8 Å². The zero-order valence-corrected chi connectivity index (χ0v) is 25.7. The van der Waals surface area contributed by atoms with Gasteiger partial charge in [0.1, 0.15) is 12.1 Å². The number of thioether (sulfide) groups is 1. The summed E-state index contributed by atoms with van der Waals surface area (Å²) in [5.41, 5.74) is 6.07. The second kappa shape index (κ2) is 13.0. The van der Waals surface area contributed by atoms with Gasteiger partial charge < -0.3 is 15.0 Å². The highest BCUT2D eigenvalue weighted by atomic mass is 32.2. The van der Waals surface area contributed by atoms with Crippen molar-refractivity contribution in [2.24, 2.45) is 4.99 Å². The molecule has 1 aliphatic heterocycles. The SMILES string of the molecule is CCCc1ccc(C)cc1N1CCCSC1=NC(=O)NC1CC1c1ccc(-c2ncn(-c3ccc(OC(F)(F)F)cc3)n2)cc1. The topological polar surface area (TPSA) is 84.6 Å². The number of carbonyl (C=O) groups excluding carboxylic acids is 1. The number of hydrogen-bond acceptors (Lipinski definition) is 5. The van der Waals surface area contributed by atoms with Gasteiger partial charge in [-0.15, -0.1) is 18.3 Å². The average molecular weight is 635 g/mol. The average Bonchev–Trinajstić information content (AvgIpc) is 3.59. The Morgan fingerprint density at radius 2 is 1.89 bits per heavy atom. The lowest BCUT2D eigenvalue weighted by molar-refractivity contribution is -0.274. The van der Waals surface area contributed by atoms with E-state index in [-0.39, 0.29) is 23.7 Å². The van der Waals surface area contributed by atoms with E-state index in [0.29, 0.717) is 11.5 Å². The number of urea groups is 1. The monoisotopic (exact) mass is 634 g/mol. The Morgan fingerprint density at radius 3 is 2.62 bits per heavy atom. The molecule has 12 heteroatoms. The Balaban J connectivity index is 1.07. The number of nitrogens with zero attached hydrogens (tertiary/aromatic N) is 5. The first kappa shape index (κ1) is 30.7. The number of anilines is 1. The van der Waals surface area contributed by atoms with Gasteiger partial charge in [0.05, 0.1) is 5.69 Å². The van der Waals surface area contributed by atoms with Crippen LogP contribution in [0.5, 0.6) is 5.75 Å². The molecule has 1 aliphatic carbocycles. The Labute approximate surface area is 263 Å². The predicted molar refractivity (Wildman–Crippen MR) is 170 cm³/mol. The maximum absolute atomic E-state index is 13.0. The second-order valence-electron chi connectivity index (χ2n) is 11.2. The molecule has 1 N–H and O–H groups in total. The van der Waals surface area contributed by atoms with E-state index in [4.69, 9.17) is 0 Å². The summed E-state index contributed by atoms with van der Waals surface area (Å²) in [5.74, 6) is 1.32. The molecule has 0 radical (unpaired) electrons. The van der Waals surface area contributed by atoms with Crippen LogP contribution in [0.1, 0.15) is 48.8 Å². The summed E-state index contributed by atoms with van der Waals surface area (Å²) in [6.07, 6.45) is 0.669. The zero-order chi connectivity index (χ0) is 31.6. The number of benzene rings is 3. The van der Waals surface area contributed by atoms with Crippen molar-refractivity contribution in [2.45, 2.75) is 57.9 Å². The maximum atomic E-state index is 13.0. The first-order valence-electron chi connectivity index (χ1n) is 14.9. The highest BCUT2D eigenvalue weighted by Crippen LogP contribution is 2.41. The Morgan fingerprint density at radius 1 is 1.11 bits per heavy atom. The lowest BCUT2D eigenvalue weighted by Crippen LogP contribution is -2.36. The molecular formula is C33H33F3N6O2S. The van der Waals surface area contributed by atoms with Gasteiger partial charge in [0.2, 0.25) is 0 Å². The minimum absolute atomic E-state index is 0.0194. The molecule has 1 saturated heterocycles. The number of ether oxygens (including phenoxy) is 1. The molecule has 0 spiro atoms. The third kappa shape index (κ3) is 7.50. The fraction of sp³-hybridized carbons (Fsp3) is 0.333. The van der Waals surface area contributed by atoms with Gasteiger partial charge in [0, 0.05) is 35.5 Å². The molecule has 6 rings (SSSR count). The number of aliphatic imine (C=N–C) groups is 1. The molecule has 1 saturated carbocycles.